The van der Waals surface area contributed by atoms with Gasteiger partial charge in [0.05, 0.1) is 71.0 Å². The largest absolute Gasteiger partial charge is 0.377 e. The SMILES string of the molecule is Cc1ccc(S(=O)(=O)OCCOCCOCCOCCOCCOCC(=O)Cl)cc1. The summed E-state index contributed by atoms with van der Waals surface area (Å²) in [6, 6.07) is 6.44. The Bertz CT molecular complexity index is 680. The van der Waals surface area contributed by atoms with Crippen LogP contribution in [-0.2, 0) is 42.8 Å². The van der Waals surface area contributed by atoms with Crippen molar-refractivity contribution in [3.63, 3.8) is 0 Å². The molecule has 0 aliphatic rings. The van der Waals surface area contributed by atoms with Crippen LogP contribution in [-0.4, -0.2) is 86.3 Å². The second-order valence-corrected chi connectivity index (χ2v) is 7.98. The third-order valence-corrected chi connectivity index (χ3v) is 4.91. The molecule has 172 valence electrons. The third kappa shape index (κ3) is 14.0. The number of carbonyl (C=O) groups excluding carboxylic acids is 1. The maximum atomic E-state index is 12.0. The zero-order valence-electron chi connectivity index (χ0n) is 17.0. The third-order valence-electron chi connectivity index (χ3n) is 3.48. The van der Waals surface area contributed by atoms with Gasteiger partial charge in [-0.05, 0) is 30.7 Å². The van der Waals surface area contributed by atoms with E-state index >= 15 is 0 Å². The van der Waals surface area contributed by atoms with E-state index in [1.54, 1.807) is 12.1 Å². The molecular weight excluding hydrogens is 440 g/mol. The Kier molecular flexibility index (Phi) is 14.9. The van der Waals surface area contributed by atoms with Crippen molar-refractivity contribution in [2.75, 3.05) is 72.7 Å². The molecule has 0 aliphatic heterocycles. The van der Waals surface area contributed by atoms with Crippen LogP contribution >= 0.6 is 11.6 Å². The highest BCUT2D eigenvalue weighted by atomic mass is 35.5. The van der Waals surface area contributed by atoms with E-state index in [-0.39, 0.29) is 24.7 Å². The number of benzene rings is 1. The van der Waals surface area contributed by atoms with Gasteiger partial charge >= 0.3 is 0 Å². The van der Waals surface area contributed by atoms with E-state index in [0.717, 1.165) is 5.56 Å². The van der Waals surface area contributed by atoms with Crippen molar-refractivity contribution in [2.24, 2.45) is 0 Å². The van der Waals surface area contributed by atoms with Crippen LogP contribution in [0.5, 0.6) is 0 Å². The first kappa shape index (κ1) is 26.9. The van der Waals surface area contributed by atoms with Crippen molar-refractivity contribution < 1.29 is 41.1 Å². The van der Waals surface area contributed by atoms with Gasteiger partial charge in [0.2, 0.25) is 5.24 Å². The van der Waals surface area contributed by atoms with Gasteiger partial charge < -0.3 is 23.7 Å². The fourth-order valence-corrected chi connectivity index (χ4v) is 2.98. The lowest BCUT2D eigenvalue weighted by atomic mass is 10.2. The first-order chi connectivity index (χ1) is 14.4. The van der Waals surface area contributed by atoms with Gasteiger partial charge in [-0.3, -0.25) is 8.98 Å². The van der Waals surface area contributed by atoms with Crippen LogP contribution in [0, 0.1) is 6.92 Å². The molecular formula is C19H29ClO9S. The number of rotatable bonds is 19. The number of carbonyl (C=O) groups is 1. The maximum absolute atomic E-state index is 12.0. The normalized spacial score (nSPS) is 11.7. The number of hydrogen-bond donors (Lipinski definition) is 0. The fraction of sp³-hybridized carbons (Fsp3) is 0.632. The molecule has 1 aromatic carbocycles. The van der Waals surface area contributed by atoms with Crippen molar-refractivity contribution >= 4 is 27.0 Å². The molecule has 1 aromatic rings. The lowest BCUT2D eigenvalue weighted by Gasteiger charge is -2.08. The minimum atomic E-state index is -3.76. The predicted octanol–water partition coefficient (Wildman–Crippen LogP) is 1.55. The molecule has 0 atom stereocenters. The highest BCUT2D eigenvalue weighted by Gasteiger charge is 2.14. The summed E-state index contributed by atoms with van der Waals surface area (Å²) in [5, 5.41) is -0.539. The molecule has 0 amide bonds. The topological polar surface area (TPSA) is 107 Å². The molecule has 0 aromatic heterocycles. The number of halogens is 1. The first-order valence-corrected chi connectivity index (χ1v) is 11.2. The Labute approximate surface area is 182 Å². The molecule has 0 unspecified atom stereocenters. The van der Waals surface area contributed by atoms with E-state index in [4.69, 9.17) is 39.5 Å². The standard InChI is InChI=1S/C19H29ClO9S/c1-17-2-4-18(5-3-17)30(22,23)29-15-14-27-11-10-25-7-6-24-8-9-26-12-13-28-16-19(20)21/h2-5H,6-16H2,1H3. The fourth-order valence-electron chi connectivity index (χ4n) is 2.01. The Morgan fingerprint density at radius 2 is 1.13 bits per heavy atom. The van der Waals surface area contributed by atoms with Crippen LogP contribution in [0.1, 0.15) is 5.56 Å². The monoisotopic (exact) mass is 468 g/mol. The summed E-state index contributed by atoms with van der Waals surface area (Å²) in [7, 11) is -3.76. The van der Waals surface area contributed by atoms with E-state index in [1.165, 1.54) is 12.1 Å². The molecule has 0 spiro atoms. The molecule has 11 heteroatoms. The van der Waals surface area contributed by atoms with E-state index in [0.29, 0.717) is 52.9 Å². The molecule has 0 heterocycles. The minimum Gasteiger partial charge on any atom is -0.377 e. The summed E-state index contributed by atoms with van der Waals surface area (Å²) in [5.41, 5.74) is 0.972. The summed E-state index contributed by atoms with van der Waals surface area (Å²) < 4.78 is 54.9. The molecule has 30 heavy (non-hydrogen) atoms. The summed E-state index contributed by atoms with van der Waals surface area (Å²) in [6.07, 6.45) is 0. The van der Waals surface area contributed by atoms with Crippen molar-refractivity contribution in [3.05, 3.63) is 29.8 Å². The smallest absolute Gasteiger partial charge is 0.297 e. The van der Waals surface area contributed by atoms with Gasteiger partial charge in [0, 0.05) is 0 Å². The van der Waals surface area contributed by atoms with Crippen molar-refractivity contribution in [3.8, 4) is 0 Å². The van der Waals surface area contributed by atoms with Gasteiger partial charge in [-0.25, -0.2) is 0 Å². The van der Waals surface area contributed by atoms with Crippen LogP contribution in [0.25, 0.3) is 0 Å². The maximum Gasteiger partial charge on any atom is 0.297 e. The summed E-state index contributed by atoms with van der Waals surface area (Å²) in [5.74, 6) is 0. The van der Waals surface area contributed by atoms with Crippen LogP contribution < -0.4 is 0 Å². The lowest BCUT2D eigenvalue weighted by molar-refractivity contribution is -0.116. The molecule has 1 rings (SSSR count). The Hall–Kier alpha value is -1.11. The first-order valence-electron chi connectivity index (χ1n) is 9.45. The molecule has 0 bridgehead atoms. The Morgan fingerprint density at radius 1 is 0.733 bits per heavy atom. The van der Waals surface area contributed by atoms with Crippen molar-refractivity contribution in [2.45, 2.75) is 11.8 Å². The van der Waals surface area contributed by atoms with Crippen molar-refractivity contribution in [1.29, 1.82) is 0 Å². The predicted molar refractivity (Wildman–Crippen MR) is 109 cm³/mol. The molecule has 0 radical (unpaired) electrons. The molecule has 9 nitrogen and oxygen atoms in total. The zero-order valence-corrected chi connectivity index (χ0v) is 18.6. The number of ether oxygens (including phenoxy) is 5. The van der Waals surface area contributed by atoms with Crippen LogP contribution in [0.3, 0.4) is 0 Å². The van der Waals surface area contributed by atoms with Gasteiger partial charge in [-0.15, -0.1) is 0 Å². The highest BCUT2D eigenvalue weighted by Crippen LogP contribution is 2.12. The van der Waals surface area contributed by atoms with Crippen LogP contribution in [0.15, 0.2) is 29.2 Å². The highest BCUT2D eigenvalue weighted by molar-refractivity contribution is 7.86. The minimum absolute atomic E-state index is 0.0630. The van der Waals surface area contributed by atoms with Gasteiger partial charge in [-0.1, -0.05) is 17.7 Å². The second-order valence-electron chi connectivity index (χ2n) is 5.95. The van der Waals surface area contributed by atoms with Gasteiger partial charge in [0.25, 0.3) is 10.1 Å². The Balaban J connectivity index is 1.85. The molecule has 0 N–H and O–H groups in total. The number of aryl methyl sites for hydroxylation is 1. The summed E-state index contributed by atoms with van der Waals surface area (Å²) in [6.45, 7) is 4.82. The molecule has 0 saturated heterocycles. The van der Waals surface area contributed by atoms with Crippen LogP contribution in [0.2, 0.25) is 0 Å². The van der Waals surface area contributed by atoms with Gasteiger partial charge in [-0.2, -0.15) is 8.42 Å². The number of hydrogen-bond acceptors (Lipinski definition) is 9. The van der Waals surface area contributed by atoms with E-state index in [1.807, 2.05) is 6.92 Å². The molecule has 0 fully saturated rings. The summed E-state index contributed by atoms with van der Waals surface area (Å²) in [4.78, 5) is 10.5. The van der Waals surface area contributed by atoms with Gasteiger partial charge in [0.15, 0.2) is 0 Å². The average molecular weight is 469 g/mol. The second kappa shape index (κ2) is 16.6. The lowest BCUT2D eigenvalue weighted by Crippen LogP contribution is -2.15. The zero-order chi connectivity index (χ0) is 22.1. The molecule has 0 saturated carbocycles. The van der Waals surface area contributed by atoms with Crippen LogP contribution in [0.4, 0.5) is 0 Å². The average Bonchev–Trinajstić information content (AvgIpc) is 2.70. The quantitative estimate of drug-likeness (QED) is 0.170. The Morgan fingerprint density at radius 3 is 1.57 bits per heavy atom. The van der Waals surface area contributed by atoms with Crippen molar-refractivity contribution in [1.82, 2.24) is 0 Å². The van der Waals surface area contributed by atoms with E-state index in [9.17, 15) is 13.2 Å². The summed E-state index contributed by atoms with van der Waals surface area (Å²) >= 11 is 5.11. The van der Waals surface area contributed by atoms with E-state index in [2.05, 4.69) is 0 Å². The van der Waals surface area contributed by atoms with Gasteiger partial charge in [0.1, 0.15) is 6.61 Å². The molecule has 0 aliphatic carbocycles. The van der Waals surface area contributed by atoms with E-state index < -0.39 is 15.4 Å².